The summed E-state index contributed by atoms with van der Waals surface area (Å²) in [6, 6.07) is 5.99. The van der Waals surface area contributed by atoms with Gasteiger partial charge in [0, 0.05) is 12.5 Å². The monoisotopic (exact) mass is 244 g/mol. The molecule has 0 aliphatic heterocycles. The van der Waals surface area contributed by atoms with Gasteiger partial charge in [0.05, 0.1) is 17.6 Å². The number of ether oxygens (including phenoxy) is 1. The predicted molar refractivity (Wildman–Crippen MR) is 75.0 cm³/mol. The normalized spacial score (nSPS) is 10.7. The van der Waals surface area contributed by atoms with Gasteiger partial charge < -0.3 is 9.72 Å². The molecule has 96 valence electrons. The molecule has 0 radical (unpaired) electrons. The van der Waals surface area contributed by atoms with Crippen molar-refractivity contribution in [1.29, 1.82) is 0 Å². The molecule has 0 spiro atoms. The van der Waals surface area contributed by atoms with Crippen LogP contribution in [0.2, 0.25) is 0 Å². The van der Waals surface area contributed by atoms with Crippen LogP contribution in [0.4, 0.5) is 0 Å². The van der Waals surface area contributed by atoms with Gasteiger partial charge in [0.25, 0.3) is 0 Å². The number of imidazole rings is 1. The quantitative estimate of drug-likeness (QED) is 0.593. The van der Waals surface area contributed by atoms with Crippen LogP contribution in [0.3, 0.4) is 0 Å². The number of H-pyrrole nitrogens is 1. The Balaban J connectivity index is 2.04. The first-order valence-corrected chi connectivity index (χ1v) is 6.56. The fraction of sp³-hybridized carbons (Fsp3) is 0.400. The largest absolute Gasteiger partial charge is 0.494 e. The van der Waals surface area contributed by atoms with Gasteiger partial charge in [-0.15, -0.1) is 6.58 Å². The van der Waals surface area contributed by atoms with Crippen molar-refractivity contribution < 1.29 is 4.74 Å². The number of unbranched alkanes of at least 4 members (excludes halogenated alkanes) is 2. The topological polar surface area (TPSA) is 37.9 Å². The number of aromatic nitrogens is 2. The molecule has 0 saturated carbocycles. The lowest BCUT2D eigenvalue weighted by Gasteiger charge is -2.04. The van der Waals surface area contributed by atoms with Gasteiger partial charge in [-0.1, -0.05) is 25.8 Å². The average molecular weight is 244 g/mol. The zero-order chi connectivity index (χ0) is 12.8. The highest BCUT2D eigenvalue weighted by Gasteiger charge is 2.03. The van der Waals surface area contributed by atoms with Crippen LogP contribution in [0, 0.1) is 0 Å². The van der Waals surface area contributed by atoms with Gasteiger partial charge in [0.2, 0.25) is 0 Å². The van der Waals surface area contributed by atoms with E-state index in [1.54, 1.807) is 0 Å². The van der Waals surface area contributed by atoms with Gasteiger partial charge >= 0.3 is 0 Å². The zero-order valence-corrected chi connectivity index (χ0v) is 10.9. The lowest BCUT2D eigenvalue weighted by atomic mass is 10.2. The van der Waals surface area contributed by atoms with E-state index in [-0.39, 0.29) is 0 Å². The third-order valence-corrected chi connectivity index (χ3v) is 2.86. The highest BCUT2D eigenvalue weighted by molar-refractivity contribution is 5.76. The van der Waals surface area contributed by atoms with Crippen molar-refractivity contribution in [3.05, 3.63) is 36.7 Å². The number of nitrogens with zero attached hydrogens (tertiary/aromatic N) is 1. The molecular formula is C15H20N2O. The molecule has 1 heterocycles. The SMILES string of the molecule is C=CCc1nc2ccc(OCCCCC)cc2[nH]1. The van der Waals surface area contributed by atoms with E-state index in [2.05, 4.69) is 23.5 Å². The van der Waals surface area contributed by atoms with Gasteiger partial charge in [-0.05, 0) is 18.6 Å². The Morgan fingerprint density at radius 3 is 3.06 bits per heavy atom. The number of hydrogen-bond acceptors (Lipinski definition) is 2. The third kappa shape index (κ3) is 3.13. The minimum absolute atomic E-state index is 0.765. The van der Waals surface area contributed by atoms with E-state index in [1.807, 2.05) is 24.3 Å². The average Bonchev–Trinajstić information content (AvgIpc) is 2.76. The van der Waals surface area contributed by atoms with Gasteiger partial charge in [-0.25, -0.2) is 4.98 Å². The maximum Gasteiger partial charge on any atom is 0.121 e. The number of rotatable bonds is 7. The van der Waals surface area contributed by atoms with Crippen LogP contribution in [0.5, 0.6) is 5.75 Å². The Bertz CT molecular complexity index is 516. The number of benzene rings is 1. The van der Waals surface area contributed by atoms with Crippen molar-refractivity contribution in [3.8, 4) is 5.75 Å². The maximum absolute atomic E-state index is 5.72. The summed E-state index contributed by atoms with van der Waals surface area (Å²) in [5, 5.41) is 0. The Kier molecular flexibility index (Phi) is 4.40. The third-order valence-electron chi connectivity index (χ3n) is 2.86. The molecule has 0 aliphatic rings. The second kappa shape index (κ2) is 6.24. The minimum atomic E-state index is 0.765. The lowest BCUT2D eigenvalue weighted by molar-refractivity contribution is 0.306. The molecule has 0 aliphatic carbocycles. The van der Waals surface area contributed by atoms with E-state index < -0.39 is 0 Å². The molecule has 0 fully saturated rings. The number of hydrogen-bond donors (Lipinski definition) is 1. The van der Waals surface area contributed by atoms with Gasteiger partial charge in [0.1, 0.15) is 11.6 Å². The van der Waals surface area contributed by atoms with Crippen LogP contribution in [-0.4, -0.2) is 16.6 Å². The number of aromatic amines is 1. The van der Waals surface area contributed by atoms with Crippen LogP contribution in [-0.2, 0) is 6.42 Å². The standard InChI is InChI=1S/C15H20N2O/c1-3-5-6-10-18-12-8-9-13-14(11-12)17-15(16-13)7-4-2/h4,8-9,11H,2-3,5-7,10H2,1H3,(H,16,17). The van der Waals surface area contributed by atoms with Crippen LogP contribution in [0.15, 0.2) is 30.9 Å². The van der Waals surface area contributed by atoms with Crippen molar-refractivity contribution in [3.63, 3.8) is 0 Å². The van der Waals surface area contributed by atoms with Gasteiger partial charge in [-0.2, -0.15) is 0 Å². The highest BCUT2D eigenvalue weighted by Crippen LogP contribution is 2.19. The first kappa shape index (κ1) is 12.7. The Morgan fingerprint density at radius 1 is 1.39 bits per heavy atom. The van der Waals surface area contributed by atoms with Crippen molar-refractivity contribution in [2.24, 2.45) is 0 Å². The summed E-state index contributed by atoms with van der Waals surface area (Å²) in [5.41, 5.74) is 2.01. The summed E-state index contributed by atoms with van der Waals surface area (Å²) in [6.07, 6.45) is 6.16. The van der Waals surface area contributed by atoms with Crippen molar-refractivity contribution in [2.45, 2.75) is 32.6 Å². The molecular weight excluding hydrogens is 224 g/mol. The molecule has 3 heteroatoms. The molecule has 0 atom stereocenters. The molecule has 1 aromatic carbocycles. The summed E-state index contributed by atoms with van der Waals surface area (Å²) >= 11 is 0. The number of allylic oxidation sites excluding steroid dienone is 1. The summed E-state index contributed by atoms with van der Waals surface area (Å²) in [4.78, 5) is 7.75. The van der Waals surface area contributed by atoms with Crippen LogP contribution in [0.25, 0.3) is 11.0 Å². The van der Waals surface area contributed by atoms with E-state index >= 15 is 0 Å². The summed E-state index contributed by atoms with van der Waals surface area (Å²) in [6.45, 7) is 6.69. The highest BCUT2D eigenvalue weighted by atomic mass is 16.5. The van der Waals surface area contributed by atoms with E-state index in [0.717, 1.165) is 42.1 Å². The van der Waals surface area contributed by atoms with Crippen LogP contribution in [0.1, 0.15) is 32.0 Å². The van der Waals surface area contributed by atoms with E-state index in [9.17, 15) is 0 Å². The Labute approximate surface area is 108 Å². The molecule has 0 saturated heterocycles. The van der Waals surface area contributed by atoms with Crippen molar-refractivity contribution in [2.75, 3.05) is 6.61 Å². The van der Waals surface area contributed by atoms with E-state index in [1.165, 1.54) is 12.8 Å². The second-order valence-corrected chi connectivity index (χ2v) is 4.41. The zero-order valence-electron chi connectivity index (χ0n) is 10.9. The molecule has 2 rings (SSSR count). The molecule has 2 aromatic rings. The minimum Gasteiger partial charge on any atom is -0.494 e. The molecule has 0 bridgehead atoms. The predicted octanol–water partition coefficient (Wildman–Crippen LogP) is 3.86. The smallest absolute Gasteiger partial charge is 0.121 e. The van der Waals surface area contributed by atoms with Crippen molar-refractivity contribution >= 4 is 11.0 Å². The molecule has 0 amide bonds. The Morgan fingerprint density at radius 2 is 2.28 bits per heavy atom. The number of fused-ring (bicyclic) bond motifs is 1. The van der Waals surface area contributed by atoms with E-state index in [0.29, 0.717) is 0 Å². The second-order valence-electron chi connectivity index (χ2n) is 4.41. The Hall–Kier alpha value is -1.77. The molecule has 3 nitrogen and oxygen atoms in total. The molecule has 1 N–H and O–H groups in total. The van der Waals surface area contributed by atoms with Crippen LogP contribution < -0.4 is 4.74 Å². The van der Waals surface area contributed by atoms with E-state index in [4.69, 9.17) is 4.74 Å². The number of nitrogens with one attached hydrogen (secondary N) is 1. The van der Waals surface area contributed by atoms with Crippen LogP contribution >= 0.6 is 0 Å². The first-order chi connectivity index (χ1) is 8.83. The lowest BCUT2D eigenvalue weighted by Crippen LogP contribution is -1.96. The summed E-state index contributed by atoms with van der Waals surface area (Å²) in [5.74, 6) is 1.86. The summed E-state index contributed by atoms with van der Waals surface area (Å²) in [7, 11) is 0. The van der Waals surface area contributed by atoms with Gasteiger partial charge in [0.15, 0.2) is 0 Å². The maximum atomic E-state index is 5.72. The first-order valence-electron chi connectivity index (χ1n) is 6.56. The summed E-state index contributed by atoms with van der Waals surface area (Å²) < 4.78 is 5.72. The fourth-order valence-electron chi connectivity index (χ4n) is 1.91. The van der Waals surface area contributed by atoms with Crippen molar-refractivity contribution in [1.82, 2.24) is 9.97 Å². The van der Waals surface area contributed by atoms with Gasteiger partial charge in [-0.3, -0.25) is 0 Å². The fourth-order valence-corrected chi connectivity index (χ4v) is 1.91. The molecule has 0 unspecified atom stereocenters. The molecule has 18 heavy (non-hydrogen) atoms. The molecule has 1 aromatic heterocycles.